The van der Waals surface area contributed by atoms with Gasteiger partial charge in [0.1, 0.15) is 5.75 Å². The first kappa shape index (κ1) is 28.1. The Bertz CT molecular complexity index is 1090. The van der Waals surface area contributed by atoms with Crippen LogP contribution in [0.4, 0.5) is 24.8 Å². The number of halogens is 3. The summed E-state index contributed by atoms with van der Waals surface area (Å²) >= 11 is 0. The lowest BCUT2D eigenvalue weighted by Crippen LogP contribution is -2.41. The summed E-state index contributed by atoms with van der Waals surface area (Å²) in [7, 11) is 1.57. The maximum absolute atomic E-state index is 13.8. The second kappa shape index (κ2) is 12.8. The summed E-state index contributed by atoms with van der Waals surface area (Å²) in [6.07, 6.45) is 4.24. The molecule has 208 valence electrons. The molecule has 7 nitrogen and oxygen atoms in total. The van der Waals surface area contributed by atoms with Crippen molar-refractivity contribution in [3.05, 3.63) is 41.2 Å². The van der Waals surface area contributed by atoms with E-state index in [1.165, 1.54) is 19.8 Å². The smallest absolute Gasteiger partial charge is 0.419 e. The number of benzene rings is 1. The van der Waals surface area contributed by atoms with Crippen molar-refractivity contribution < 1.29 is 22.7 Å². The third-order valence-corrected chi connectivity index (χ3v) is 7.58. The fourth-order valence-electron chi connectivity index (χ4n) is 5.70. The first-order valence-electron chi connectivity index (χ1n) is 13.6. The zero-order valence-corrected chi connectivity index (χ0v) is 22.2. The van der Waals surface area contributed by atoms with Crippen LogP contribution in [-0.2, 0) is 23.9 Å². The number of rotatable bonds is 10. The third-order valence-electron chi connectivity index (χ3n) is 7.58. The molecule has 1 aromatic carbocycles. The second-order valence-corrected chi connectivity index (χ2v) is 10.4. The largest absolute Gasteiger partial charge is 0.495 e. The summed E-state index contributed by atoms with van der Waals surface area (Å²) in [6, 6.07) is 5.88. The van der Waals surface area contributed by atoms with E-state index in [0.717, 1.165) is 63.5 Å². The maximum Gasteiger partial charge on any atom is 0.419 e. The SMILES string of the molecule is COc1cc(CN2CCCC2)ccc1Nc1ncc(C(F)(F)F)c(CCCC2CCCCC2NC(C)=O)n1. The first-order valence-corrected chi connectivity index (χ1v) is 13.6. The average molecular weight is 534 g/mol. The molecule has 10 heteroatoms. The molecule has 2 N–H and O–H groups in total. The molecule has 0 radical (unpaired) electrons. The van der Waals surface area contributed by atoms with Crippen molar-refractivity contribution in [3.63, 3.8) is 0 Å². The highest BCUT2D eigenvalue weighted by atomic mass is 19.4. The van der Waals surface area contributed by atoms with Gasteiger partial charge >= 0.3 is 6.18 Å². The third kappa shape index (κ3) is 7.58. The van der Waals surface area contributed by atoms with Gasteiger partial charge in [0, 0.05) is 25.7 Å². The topological polar surface area (TPSA) is 79.4 Å². The number of alkyl halides is 3. The van der Waals surface area contributed by atoms with Crippen LogP contribution in [0.2, 0.25) is 0 Å². The van der Waals surface area contributed by atoms with E-state index in [0.29, 0.717) is 17.9 Å². The van der Waals surface area contributed by atoms with Gasteiger partial charge in [-0.3, -0.25) is 9.69 Å². The van der Waals surface area contributed by atoms with Crippen molar-refractivity contribution >= 4 is 17.5 Å². The van der Waals surface area contributed by atoms with Crippen LogP contribution in [0, 0.1) is 5.92 Å². The highest BCUT2D eigenvalue weighted by Gasteiger charge is 2.35. The lowest BCUT2D eigenvalue weighted by atomic mass is 9.81. The number of anilines is 2. The Balaban J connectivity index is 1.46. The number of carbonyl (C=O) groups excluding carboxylic acids is 1. The van der Waals surface area contributed by atoms with Crippen LogP contribution in [0.25, 0.3) is 0 Å². The summed E-state index contributed by atoms with van der Waals surface area (Å²) < 4.78 is 46.8. The van der Waals surface area contributed by atoms with Crippen LogP contribution in [0.15, 0.2) is 24.4 Å². The second-order valence-electron chi connectivity index (χ2n) is 10.4. The van der Waals surface area contributed by atoms with Crippen molar-refractivity contribution in [3.8, 4) is 5.75 Å². The van der Waals surface area contributed by atoms with Crippen LogP contribution >= 0.6 is 0 Å². The Morgan fingerprint density at radius 1 is 1.16 bits per heavy atom. The number of carbonyl (C=O) groups is 1. The summed E-state index contributed by atoms with van der Waals surface area (Å²) in [5.41, 5.74) is 0.886. The van der Waals surface area contributed by atoms with Crippen LogP contribution in [-0.4, -0.2) is 47.0 Å². The molecule has 2 atom stereocenters. The van der Waals surface area contributed by atoms with Gasteiger partial charge in [0.15, 0.2) is 0 Å². The Hall–Kier alpha value is -2.88. The fraction of sp³-hybridized carbons (Fsp3) is 0.607. The molecule has 1 saturated heterocycles. The molecule has 1 aromatic heterocycles. The van der Waals surface area contributed by atoms with Gasteiger partial charge < -0.3 is 15.4 Å². The minimum atomic E-state index is -4.54. The van der Waals surface area contributed by atoms with Crippen LogP contribution in [0.1, 0.15) is 75.1 Å². The summed E-state index contributed by atoms with van der Waals surface area (Å²) in [4.78, 5) is 22.2. The van der Waals surface area contributed by atoms with Crippen LogP contribution < -0.4 is 15.4 Å². The normalized spacial score (nSPS) is 20.3. The standard InChI is InChI=1S/C28H38F3N5O2/c1-19(37)33-23-10-4-3-8-21(23)9-7-11-24-22(28(29,30)31)17-32-27(34-24)35-25-13-12-20(16-26(25)38-2)18-36-14-5-6-15-36/h12-13,16-17,21,23H,3-11,14-15,18H2,1-2H3,(H,33,37)(H,32,34,35). The highest BCUT2D eigenvalue weighted by Crippen LogP contribution is 2.34. The van der Waals surface area contributed by atoms with Crippen molar-refractivity contribution in [2.75, 3.05) is 25.5 Å². The van der Waals surface area contributed by atoms with Gasteiger partial charge in [-0.1, -0.05) is 18.9 Å². The maximum atomic E-state index is 13.8. The number of nitrogens with one attached hydrogen (secondary N) is 2. The lowest BCUT2D eigenvalue weighted by Gasteiger charge is -2.32. The van der Waals surface area contributed by atoms with E-state index >= 15 is 0 Å². The molecule has 0 spiro atoms. The Morgan fingerprint density at radius 3 is 2.63 bits per heavy atom. The number of methoxy groups -OCH3 is 1. The van der Waals surface area contributed by atoms with Gasteiger partial charge in [-0.15, -0.1) is 0 Å². The monoisotopic (exact) mass is 533 g/mol. The summed E-state index contributed by atoms with van der Waals surface area (Å²) in [5.74, 6) is 0.900. The van der Waals surface area contributed by atoms with Gasteiger partial charge in [0.05, 0.1) is 24.1 Å². The van der Waals surface area contributed by atoms with Gasteiger partial charge in [-0.2, -0.15) is 13.2 Å². The number of hydrogen-bond acceptors (Lipinski definition) is 6. The number of hydrogen-bond donors (Lipinski definition) is 2. The van der Waals surface area contributed by atoms with E-state index in [9.17, 15) is 18.0 Å². The molecule has 38 heavy (non-hydrogen) atoms. The van der Waals surface area contributed by atoms with Gasteiger partial charge in [0.2, 0.25) is 11.9 Å². The Kier molecular flexibility index (Phi) is 9.46. The molecule has 0 bridgehead atoms. The number of nitrogens with zero attached hydrogens (tertiary/aromatic N) is 3. The van der Waals surface area contributed by atoms with Gasteiger partial charge in [-0.25, -0.2) is 9.97 Å². The Morgan fingerprint density at radius 2 is 1.92 bits per heavy atom. The number of ether oxygens (including phenoxy) is 1. The number of amides is 1. The quantitative estimate of drug-likeness (QED) is 0.398. The average Bonchev–Trinajstić information content (AvgIpc) is 3.38. The molecule has 1 saturated carbocycles. The van der Waals surface area contributed by atoms with Crippen molar-refractivity contribution in [1.82, 2.24) is 20.2 Å². The number of aryl methyl sites for hydroxylation is 1. The molecule has 2 heterocycles. The van der Waals surface area contributed by atoms with Crippen LogP contribution in [0.5, 0.6) is 5.75 Å². The molecule has 1 aliphatic heterocycles. The molecular formula is C28H38F3N5O2. The molecule has 2 aliphatic rings. The molecule has 1 aliphatic carbocycles. The van der Waals surface area contributed by atoms with E-state index in [4.69, 9.17) is 4.74 Å². The fourth-order valence-corrected chi connectivity index (χ4v) is 5.70. The van der Waals surface area contributed by atoms with Crippen LogP contribution in [0.3, 0.4) is 0 Å². The molecule has 2 fully saturated rings. The molecular weight excluding hydrogens is 495 g/mol. The van der Waals surface area contributed by atoms with Gasteiger partial charge in [-0.05, 0) is 81.6 Å². The summed E-state index contributed by atoms with van der Waals surface area (Å²) in [5, 5.41) is 6.07. The molecule has 2 aromatic rings. The first-order chi connectivity index (χ1) is 18.2. The molecule has 4 rings (SSSR count). The zero-order valence-electron chi connectivity index (χ0n) is 22.2. The van der Waals surface area contributed by atoms with Crippen molar-refractivity contribution in [2.24, 2.45) is 5.92 Å². The van der Waals surface area contributed by atoms with E-state index in [1.807, 2.05) is 18.2 Å². The van der Waals surface area contributed by atoms with E-state index in [1.54, 1.807) is 7.11 Å². The van der Waals surface area contributed by atoms with Crippen molar-refractivity contribution in [2.45, 2.75) is 83.5 Å². The predicted octanol–water partition coefficient (Wildman–Crippen LogP) is 5.86. The molecule has 2 unspecified atom stereocenters. The van der Waals surface area contributed by atoms with E-state index in [-0.39, 0.29) is 35.9 Å². The lowest BCUT2D eigenvalue weighted by molar-refractivity contribution is -0.138. The Labute approximate surface area is 222 Å². The summed E-state index contributed by atoms with van der Waals surface area (Å²) in [6.45, 7) is 4.51. The van der Waals surface area contributed by atoms with E-state index < -0.39 is 11.7 Å². The molecule has 1 amide bonds. The number of aromatic nitrogens is 2. The number of likely N-dealkylation sites (tertiary alicyclic amines) is 1. The van der Waals surface area contributed by atoms with Gasteiger partial charge in [0.25, 0.3) is 0 Å². The van der Waals surface area contributed by atoms with Crippen molar-refractivity contribution in [1.29, 1.82) is 0 Å². The minimum absolute atomic E-state index is 0.0218. The zero-order chi connectivity index (χ0) is 27.1. The van der Waals surface area contributed by atoms with E-state index in [2.05, 4.69) is 25.5 Å². The predicted molar refractivity (Wildman–Crippen MR) is 140 cm³/mol. The minimum Gasteiger partial charge on any atom is -0.495 e. The highest BCUT2D eigenvalue weighted by molar-refractivity contribution is 5.73.